The summed E-state index contributed by atoms with van der Waals surface area (Å²) in [6.45, 7) is 1.22. The number of hydrogen-bond donors (Lipinski definition) is 1. The fraction of sp³-hybridized carbons (Fsp3) is 0.278. The Morgan fingerprint density at radius 2 is 2.04 bits per heavy atom. The Labute approximate surface area is 158 Å². The first kappa shape index (κ1) is 18.2. The fourth-order valence-electron chi connectivity index (χ4n) is 2.88. The number of esters is 1. The van der Waals surface area contributed by atoms with Gasteiger partial charge in [0.2, 0.25) is 0 Å². The van der Waals surface area contributed by atoms with Crippen LogP contribution >= 0.6 is 15.9 Å². The SMILES string of the molecule is C[C@H]1Cc2ccccc2N1C(=O)COC(=O)CNC(=O)c1ccc(Br)o1. The maximum Gasteiger partial charge on any atom is 0.325 e. The van der Waals surface area contributed by atoms with E-state index in [1.54, 1.807) is 11.0 Å². The number of carbonyl (C=O) groups is 3. The van der Waals surface area contributed by atoms with Gasteiger partial charge in [0.25, 0.3) is 11.8 Å². The van der Waals surface area contributed by atoms with E-state index in [0.717, 1.165) is 17.7 Å². The van der Waals surface area contributed by atoms with Crippen molar-refractivity contribution in [1.29, 1.82) is 0 Å². The fourth-order valence-corrected chi connectivity index (χ4v) is 3.19. The van der Waals surface area contributed by atoms with E-state index in [0.29, 0.717) is 4.67 Å². The molecule has 0 saturated carbocycles. The van der Waals surface area contributed by atoms with Gasteiger partial charge in [0.15, 0.2) is 17.0 Å². The van der Waals surface area contributed by atoms with Gasteiger partial charge in [-0.2, -0.15) is 0 Å². The molecule has 2 amide bonds. The lowest BCUT2D eigenvalue weighted by molar-refractivity contribution is -0.146. The smallest absolute Gasteiger partial charge is 0.325 e. The van der Waals surface area contributed by atoms with Crippen LogP contribution in [0.15, 0.2) is 45.5 Å². The Kier molecular flexibility index (Phi) is 5.41. The Hall–Kier alpha value is -2.61. The number of carbonyl (C=O) groups excluding carboxylic acids is 3. The summed E-state index contributed by atoms with van der Waals surface area (Å²) < 4.78 is 10.5. The maximum atomic E-state index is 12.4. The summed E-state index contributed by atoms with van der Waals surface area (Å²) in [4.78, 5) is 37.6. The molecule has 0 fully saturated rings. The summed E-state index contributed by atoms with van der Waals surface area (Å²) in [5.74, 6) is -1.46. The van der Waals surface area contributed by atoms with Crippen LogP contribution in [-0.2, 0) is 20.7 Å². The van der Waals surface area contributed by atoms with Gasteiger partial charge in [-0.15, -0.1) is 0 Å². The quantitative estimate of drug-likeness (QED) is 0.749. The van der Waals surface area contributed by atoms with Crippen LogP contribution in [0.25, 0.3) is 0 Å². The molecule has 2 heterocycles. The highest BCUT2D eigenvalue weighted by Crippen LogP contribution is 2.31. The van der Waals surface area contributed by atoms with E-state index >= 15 is 0 Å². The number of halogens is 1. The lowest BCUT2D eigenvalue weighted by Crippen LogP contribution is -2.39. The molecule has 0 radical (unpaired) electrons. The Morgan fingerprint density at radius 3 is 2.77 bits per heavy atom. The lowest BCUT2D eigenvalue weighted by atomic mass is 10.1. The van der Waals surface area contributed by atoms with Crippen LogP contribution in [-0.4, -0.2) is 37.0 Å². The molecule has 1 atom stereocenters. The molecule has 8 heteroatoms. The van der Waals surface area contributed by atoms with E-state index in [1.165, 1.54) is 6.07 Å². The van der Waals surface area contributed by atoms with Crippen molar-refractivity contribution in [2.75, 3.05) is 18.1 Å². The van der Waals surface area contributed by atoms with Gasteiger partial charge >= 0.3 is 5.97 Å². The Bertz CT molecular complexity index is 848. The molecular formula is C18H17BrN2O5. The number of furan rings is 1. The predicted molar refractivity (Wildman–Crippen MR) is 96.8 cm³/mol. The average molecular weight is 421 g/mol. The second kappa shape index (κ2) is 7.74. The van der Waals surface area contributed by atoms with E-state index in [2.05, 4.69) is 21.2 Å². The molecule has 2 aromatic rings. The van der Waals surface area contributed by atoms with Crippen molar-refractivity contribution in [3.8, 4) is 0 Å². The minimum atomic E-state index is -0.697. The number of rotatable bonds is 5. The maximum absolute atomic E-state index is 12.4. The standard InChI is InChI=1S/C18H17BrN2O5/c1-11-8-12-4-2-3-5-13(12)21(11)16(22)10-25-17(23)9-20-18(24)14-6-7-15(19)26-14/h2-7,11H,8-10H2,1H3,(H,20,24)/t11-/m0/s1. The van der Waals surface area contributed by atoms with Crippen molar-refractivity contribution in [2.45, 2.75) is 19.4 Å². The van der Waals surface area contributed by atoms with Crippen LogP contribution in [0.1, 0.15) is 23.0 Å². The molecule has 7 nitrogen and oxygen atoms in total. The number of amides is 2. The van der Waals surface area contributed by atoms with E-state index in [-0.39, 0.29) is 30.9 Å². The van der Waals surface area contributed by atoms with Crippen LogP contribution in [0.2, 0.25) is 0 Å². The van der Waals surface area contributed by atoms with Crippen molar-refractivity contribution >= 4 is 39.4 Å². The predicted octanol–water partition coefficient (Wildman–Crippen LogP) is 2.29. The highest BCUT2D eigenvalue weighted by atomic mass is 79.9. The van der Waals surface area contributed by atoms with Crippen LogP contribution in [0.3, 0.4) is 0 Å². The first-order chi connectivity index (χ1) is 12.5. The summed E-state index contributed by atoms with van der Waals surface area (Å²) >= 11 is 3.09. The largest absolute Gasteiger partial charge is 0.454 e. The minimum Gasteiger partial charge on any atom is -0.454 e. The van der Waals surface area contributed by atoms with Gasteiger partial charge in [-0.25, -0.2) is 0 Å². The van der Waals surface area contributed by atoms with Crippen molar-refractivity contribution in [1.82, 2.24) is 5.32 Å². The highest BCUT2D eigenvalue weighted by molar-refractivity contribution is 9.10. The van der Waals surface area contributed by atoms with E-state index in [9.17, 15) is 14.4 Å². The number of anilines is 1. The molecule has 136 valence electrons. The second-order valence-electron chi connectivity index (χ2n) is 5.89. The molecule has 1 aliphatic heterocycles. The van der Waals surface area contributed by atoms with Gasteiger partial charge in [-0.1, -0.05) is 18.2 Å². The molecule has 1 aromatic carbocycles. The lowest BCUT2D eigenvalue weighted by Gasteiger charge is -2.22. The van der Waals surface area contributed by atoms with Gasteiger partial charge in [-0.05, 0) is 53.0 Å². The van der Waals surface area contributed by atoms with Crippen molar-refractivity contribution < 1.29 is 23.5 Å². The number of nitrogens with one attached hydrogen (secondary N) is 1. The second-order valence-corrected chi connectivity index (χ2v) is 6.67. The van der Waals surface area contributed by atoms with E-state index in [1.807, 2.05) is 31.2 Å². The molecule has 0 aliphatic carbocycles. The van der Waals surface area contributed by atoms with Crippen molar-refractivity contribution in [3.05, 3.63) is 52.4 Å². The molecular weight excluding hydrogens is 404 g/mol. The molecule has 0 saturated heterocycles. The Balaban J connectivity index is 1.49. The molecule has 1 aromatic heterocycles. The number of fused-ring (bicyclic) bond motifs is 1. The van der Waals surface area contributed by atoms with Crippen LogP contribution in [0, 0.1) is 0 Å². The van der Waals surface area contributed by atoms with Crippen LogP contribution in [0.4, 0.5) is 5.69 Å². The first-order valence-electron chi connectivity index (χ1n) is 8.05. The molecule has 1 N–H and O–H groups in total. The number of benzene rings is 1. The van der Waals surface area contributed by atoms with E-state index in [4.69, 9.17) is 9.15 Å². The zero-order chi connectivity index (χ0) is 18.7. The van der Waals surface area contributed by atoms with Gasteiger partial charge in [0, 0.05) is 11.7 Å². The third-order valence-corrected chi connectivity index (χ3v) is 4.45. The molecule has 1 aliphatic rings. The number of ether oxygens (including phenoxy) is 1. The molecule has 0 bridgehead atoms. The third kappa shape index (κ3) is 3.96. The summed E-state index contributed by atoms with van der Waals surface area (Å²) in [7, 11) is 0. The monoisotopic (exact) mass is 420 g/mol. The molecule has 26 heavy (non-hydrogen) atoms. The first-order valence-corrected chi connectivity index (χ1v) is 8.84. The minimum absolute atomic E-state index is 0.00991. The van der Waals surface area contributed by atoms with Gasteiger partial charge in [0.1, 0.15) is 6.54 Å². The van der Waals surface area contributed by atoms with Gasteiger partial charge < -0.3 is 19.4 Å². The normalized spacial score (nSPS) is 15.5. The van der Waals surface area contributed by atoms with Crippen molar-refractivity contribution in [2.24, 2.45) is 0 Å². The number of para-hydroxylation sites is 1. The zero-order valence-corrected chi connectivity index (χ0v) is 15.6. The molecule has 0 spiro atoms. The zero-order valence-electron chi connectivity index (χ0n) is 14.0. The Morgan fingerprint density at radius 1 is 1.27 bits per heavy atom. The highest BCUT2D eigenvalue weighted by Gasteiger charge is 2.30. The summed E-state index contributed by atoms with van der Waals surface area (Å²) in [6, 6.07) is 10.7. The van der Waals surface area contributed by atoms with Crippen molar-refractivity contribution in [3.63, 3.8) is 0 Å². The van der Waals surface area contributed by atoms with Crippen LogP contribution < -0.4 is 10.2 Å². The number of hydrogen-bond acceptors (Lipinski definition) is 5. The third-order valence-electron chi connectivity index (χ3n) is 4.02. The van der Waals surface area contributed by atoms with Gasteiger partial charge in [0.05, 0.1) is 0 Å². The number of nitrogens with zero attached hydrogens (tertiary/aromatic N) is 1. The summed E-state index contributed by atoms with van der Waals surface area (Å²) in [5.41, 5.74) is 1.94. The topological polar surface area (TPSA) is 88.9 Å². The summed E-state index contributed by atoms with van der Waals surface area (Å²) in [5, 5.41) is 2.38. The van der Waals surface area contributed by atoms with Gasteiger partial charge in [-0.3, -0.25) is 14.4 Å². The molecule has 0 unspecified atom stereocenters. The molecule has 3 rings (SSSR count). The van der Waals surface area contributed by atoms with Crippen LogP contribution in [0.5, 0.6) is 0 Å². The summed E-state index contributed by atoms with van der Waals surface area (Å²) in [6.07, 6.45) is 0.768. The average Bonchev–Trinajstić information content (AvgIpc) is 3.20. The van der Waals surface area contributed by atoms with E-state index < -0.39 is 11.9 Å².